The molecule has 1 amide bonds. The topological polar surface area (TPSA) is 50.4 Å². The molecule has 1 aliphatic rings. The third-order valence-electron chi connectivity index (χ3n) is 2.99. The second-order valence-corrected chi connectivity index (χ2v) is 4.44. The molecule has 1 aliphatic heterocycles. The van der Waals surface area contributed by atoms with Crippen LogP contribution in [0.5, 0.6) is 5.75 Å². The number of nitrogens with one attached hydrogen (secondary N) is 2. The summed E-state index contributed by atoms with van der Waals surface area (Å²) in [6.07, 6.45) is 3.20. The van der Waals surface area contributed by atoms with E-state index in [2.05, 4.69) is 16.7 Å². The summed E-state index contributed by atoms with van der Waals surface area (Å²) in [5, 5.41) is 5.97. The fraction of sp³-hybridized carbons (Fsp3) is 0.500. The third kappa shape index (κ3) is 4.04. The Morgan fingerprint density at radius 3 is 2.94 bits per heavy atom. The molecule has 2 N–H and O–H groups in total. The van der Waals surface area contributed by atoms with Gasteiger partial charge in [-0.2, -0.15) is 0 Å². The highest BCUT2D eigenvalue weighted by molar-refractivity contribution is 5.77. The van der Waals surface area contributed by atoms with Gasteiger partial charge < -0.3 is 15.4 Å². The average Bonchev–Trinajstić information content (AvgIpc) is 2.41. The van der Waals surface area contributed by atoms with Crippen LogP contribution in [0.2, 0.25) is 0 Å². The van der Waals surface area contributed by atoms with E-state index in [9.17, 15) is 4.79 Å². The van der Waals surface area contributed by atoms with Crippen LogP contribution in [0.4, 0.5) is 0 Å². The number of hydrogen-bond acceptors (Lipinski definition) is 3. The number of aryl methyl sites for hydroxylation is 1. The van der Waals surface area contributed by atoms with E-state index < -0.39 is 0 Å². The normalized spacial score (nSPS) is 18.3. The SMILES string of the molecule is O=C1CNCCCCc2ccccc2OCCN1. The van der Waals surface area contributed by atoms with Crippen molar-refractivity contribution in [3.05, 3.63) is 29.8 Å². The van der Waals surface area contributed by atoms with E-state index in [0.29, 0.717) is 19.7 Å². The van der Waals surface area contributed by atoms with Crippen LogP contribution in [0.1, 0.15) is 18.4 Å². The maximum Gasteiger partial charge on any atom is 0.234 e. The van der Waals surface area contributed by atoms with Gasteiger partial charge >= 0.3 is 0 Å². The molecule has 0 atom stereocenters. The highest BCUT2D eigenvalue weighted by atomic mass is 16.5. The van der Waals surface area contributed by atoms with Crippen molar-refractivity contribution in [3.8, 4) is 5.75 Å². The van der Waals surface area contributed by atoms with Crippen molar-refractivity contribution in [3.63, 3.8) is 0 Å². The van der Waals surface area contributed by atoms with Gasteiger partial charge in [0.15, 0.2) is 0 Å². The minimum atomic E-state index is 0.0335. The first-order valence-electron chi connectivity index (χ1n) is 6.54. The Bertz CT molecular complexity index is 393. The van der Waals surface area contributed by atoms with E-state index in [1.807, 2.05) is 18.2 Å². The third-order valence-corrected chi connectivity index (χ3v) is 2.99. The first-order chi connectivity index (χ1) is 8.86. The lowest BCUT2D eigenvalue weighted by Gasteiger charge is -2.11. The molecule has 4 nitrogen and oxygen atoms in total. The van der Waals surface area contributed by atoms with Gasteiger partial charge in [0.1, 0.15) is 12.4 Å². The first-order valence-corrected chi connectivity index (χ1v) is 6.54. The molecule has 2 rings (SSSR count). The zero-order valence-corrected chi connectivity index (χ0v) is 10.6. The molecule has 0 aliphatic carbocycles. The van der Waals surface area contributed by atoms with Gasteiger partial charge in [0, 0.05) is 0 Å². The van der Waals surface area contributed by atoms with E-state index in [0.717, 1.165) is 31.6 Å². The Hall–Kier alpha value is -1.55. The van der Waals surface area contributed by atoms with Crippen LogP contribution in [0.15, 0.2) is 24.3 Å². The molecule has 1 aromatic carbocycles. The van der Waals surface area contributed by atoms with Crippen molar-refractivity contribution < 1.29 is 9.53 Å². The predicted molar refractivity (Wildman–Crippen MR) is 70.8 cm³/mol. The zero-order chi connectivity index (χ0) is 12.6. The van der Waals surface area contributed by atoms with E-state index in [-0.39, 0.29) is 5.91 Å². The summed E-state index contributed by atoms with van der Waals surface area (Å²) in [7, 11) is 0. The molecule has 0 spiro atoms. The molecule has 0 radical (unpaired) electrons. The van der Waals surface area contributed by atoms with Crippen molar-refractivity contribution in [2.45, 2.75) is 19.3 Å². The van der Waals surface area contributed by atoms with E-state index in [1.54, 1.807) is 0 Å². The van der Waals surface area contributed by atoms with Crippen LogP contribution in [0.25, 0.3) is 0 Å². The van der Waals surface area contributed by atoms with Gasteiger partial charge in [-0.25, -0.2) is 0 Å². The molecule has 4 heteroatoms. The average molecular weight is 248 g/mol. The van der Waals surface area contributed by atoms with Crippen LogP contribution in [-0.2, 0) is 11.2 Å². The lowest BCUT2D eigenvalue weighted by molar-refractivity contribution is -0.120. The second-order valence-electron chi connectivity index (χ2n) is 4.44. The minimum absolute atomic E-state index is 0.0335. The summed E-state index contributed by atoms with van der Waals surface area (Å²) in [6.45, 7) is 2.35. The Kier molecular flexibility index (Phi) is 5.02. The molecule has 0 aromatic heterocycles. The molecule has 18 heavy (non-hydrogen) atoms. The Balaban J connectivity index is 1.98. The summed E-state index contributed by atoms with van der Waals surface area (Å²) in [4.78, 5) is 11.4. The standard InChI is InChI=1S/C14H20N2O2/c17-14-11-15-8-4-3-6-12-5-1-2-7-13(12)18-10-9-16-14/h1-2,5,7,15H,3-4,6,8-11H2,(H,16,17). The van der Waals surface area contributed by atoms with Gasteiger partial charge in [-0.1, -0.05) is 18.2 Å². The molecule has 1 heterocycles. The lowest BCUT2D eigenvalue weighted by atomic mass is 10.1. The quantitative estimate of drug-likeness (QED) is 0.723. The summed E-state index contributed by atoms with van der Waals surface area (Å²) >= 11 is 0. The molecular weight excluding hydrogens is 228 g/mol. The van der Waals surface area contributed by atoms with Crippen LogP contribution < -0.4 is 15.4 Å². The minimum Gasteiger partial charge on any atom is -0.491 e. The number of carbonyl (C=O) groups is 1. The lowest BCUT2D eigenvalue weighted by Crippen LogP contribution is -2.36. The van der Waals surface area contributed by atoms with Crippen LogP contribution in [0, 0.1) is 0 Å². The van der Waals surface area contributed by atoms with Crippen LogP contribution in [0.3, 0.4) is 0 Å². The van der Waals surface area contributed by atoms with Gasteiger partial charge in [0.05, 0.1) is 13.1 Å². The summed E-state index contributed by atoms with van der Waals surface area (Å²) in [6, 6.07) is 8.13. The number of ether oxygens (including phenoxy) is 1. The number of fused-ring (bicyclic) bond motifs is 1. The number of rotatable bonds is 0. The maximum absolute atomic E-state index is 11.4. The molecular formula is C14H20N2O2. The molecule has 0 unspecified atom stereocenters. The molecule has 0 saturated carbocycles. The number of hydrogen-bond donors (Lipinski definition) is 2. The highest BCUT2D eigenvalue weighted by Crippen LogP contribution is 2.19. The van der Waals surface area contributed by atoms with Crippen LogP contribution in [-0.4, -0.2) is 32.1 Å². The van der Waals surface area contributed by atoms with Crippen LogP contribution >= 0.6 is 0 Å². The molecule has 0 saturated heterocycles. The molecule has 1 aromatic rings. The molecule has 0 bridgehead atoms. The molecule has 0 fully saturated rings. The van der Waals surface area contributed by atoms with Gasteiger partial charge in [-0.05, 0) is 37.4 Å². The highest BCUT2D eigenvalue weighted by Gasteiger charge is 2.05. The van der Waals surface area contributed by atoms with E-state index in [1.165, 1.54) is 5.56 Å². The van der Waals surface area contributed by atoms with E-state index in [4.69, 9.17) is 4.74 Å². The monoisotopic (exact) mass is 248 g/mol. The Morgan fingerprint density at radius 2 is 2.00 bits per heavy atom. The maximum atomic E-state index is 11.4. The number of amides is 1. The Morgan fingerprint density at radius 1 is 1.11 bits per heavy atom. The van der Waals surface area contributed by atoms with Gasteiger partial charge in [-0.3, -0.25) is 4.79 Å². The number of carbonyl (C=O) groups excluding carboxylic acids is 1. The predicted octanol–water partition coefficient (Wildman–Crippen LogP) is 1.11. The fourth-order valence-corrected chi connectivity index (χ4v) is 2.03. The van der Waals surface area contributed by atoms with Crippen molar-refractivity contribution in [1.29, 1.82) is 0 Å². The number of benzene rings is 1. The van der Waals surface area contributed by atoms with Crippen molar-refractivity contribution in [1.82, 2.24) is 10.6 Å². The summed E-state index contributed by atoms with van der Waals surface area (Å²) < 4.78 is 5.71. The van der Waals surface area contributed by atoms with Crippen molar-refractivity contribution in [2.24, 2.45) is 0 Å². The zero-order valence-electron chi connectivity index (χ0n) is 10.6. The smallest absolute Gasteiger partial charge is 0.234 e. The van der Waals surface area contributed by atoms with Gasteiger partial charge in [-0.15, -0.1) is 0 Å². The summed E-state index contributed by atoms with van der Waals surface area (Å²) in [5.74, 6) is 0.977. The van der Waals surface area contributed by atoms with Gasteiger partial charge in [0.2, 0.25) is 5.91 Å². The van der Waals surface area contributed by atoms with E-state index >= 15 is 0 Å². The van der Waals surface area contributed by atoms with Crippen molar-refractivity contribution >= 4 is 5.91 Å². The first kappa shape index (κ1) is 12.9. The molecule has 98 valence electrons. The van der Waals surface area contributed by atoms with Gasteiger partial charge in [0.25, 0.3) is 0 Å². The summed E-state index contributed by atoms with van der Waals surface area (Å²) in [5.41, 5.74) is 1.25. The fourth-order valence-electron chi connectivity index (χ4n) is 2.03. The van der Waals surface area contributed by atoms with Crippen molar-refractivity contribution in [2.75, 3.05) is 26.2 Å². The number of para-hydroxylation sites is 1. The Labute approximate surface area is 108 Å². The second kappa shape index (κ2) is 7.01. The largest absolute Gasteiger partial charge is 0.491 e.